The average Bonchev–Trinajstić information content (AvgIpc) is 1.82. The van der Waals surface area contributed by atoms with E-state index in [-0.39, 0.29) is 0 Å². The number of rotatable bonds is 0. The zero-order valence-electron chi connectivity index (χ0n) is 6.89. The lowest BCUT2D eigenvalue weighted by atomic mass is 10.1. The zero-order valence-corrected chi connectivity index (χ0v) is 6.89. The first kappa shape index (κ1) is 9.90. The van der Waals surface area contributed by atoms with Crippen molar-refractivity contribution in [3.05, 3.63) is 0 Å². The number of hydrogen-bond acceptors (Lipinski definition) is 3. The summed E-state index contributed by atoms with van der Waals surface area (Å²) in [4.78, 5) is 21.3. The Morgan fingerprint density at radius 3 is 1.91 bits per heavy atom. The normalized spacial score (nSPS) is 10.5. The van der Waals surface area contributed by atoms with Crippen molar-refractivity contribution in [3.63, 3.8) is 0 Å². The molecule has 0 fully saturated rings. The lowest BCUT2D eigenvalue weighted by Crippen LogP contribution is -2.49. The van der Waals surface area contributed by atoms with E-state index in [0.29, 0.717) is 0 Å². The molecule has 0 aromatic carbocycles. The Morgan fingerprint density at radius 1 is 1.18 bits per heavy atom. The molecular weight excluding hydrogens is 146 g/mol. The van der Waals surface area contributed by atoms with Crippen LogP contribution in [0.3, 0.4) is 0 Å². The minimum atomic E-state index is -0.833. The number of carbonyl (C=O) groups excluding carboxylic acids is 2. The second kappa shape index (κ2) is 3.34. The van der Waals surface area contributed by atoms with E-state index in [2.05, 4.69) is 5.32 Å². The highest BCUT2D eigenvalue weighted by Crippen LogP contribution is 1.97. The zero-order chi connectivity index (χ0) is 9.07. The Morgan fingerprint density at radius 2 is 1.64 bits per heavy atom. The van der Waals surface area contributed by atoms with Gasteiger partial charge in [0.1, 0.15) is 0 Å². The fourth-order valence-electron chi connectivity index (χ4n) is 0.463. The summed E-state index contributed by atoms with van der Waals surface area (Å²) in [6.45, 7) is 5.32. The molecular formula is C6H13N3O2. The van der Waals surface area contributed by atoms with Crippen LogP contribution in [0.25, 0.3) is 0 Å². The number of amides is 2. The maximum atomic E-state index is 10.8. The van der Waals surface area contributed by atoms with Gasteiger partial charge in [-0.2, -0.15) is 0 Å². The standard InChI is InChI=1S/C6H13N3O2/c1-6(2,3)8-4(10)5(11)9-7/h7H2,1-3H3,(H,8,10)(H,9,11). The quantitative estimate of drug-likeness (QED) is 0.181. The summed E-state index contributed by atoms with van der Waals surface area (Å²) in [7, 11) is 0. The van der Waals surface area contributed by atoms with Crippen LogP contribution in [0.2, 0.25) is 0 Å². The van der Waals surface area contributed by atoms with Gasteiger partial charge in [0.2, 0.25) is 0 Å². The first-order valence-electron chi connectivity index (χ1n) is 3.20. The van der Waals surface area contributed by atoms with Gasteiger partial charge < -0.3 is 5.32 Å². The van der Waals surface area contributed by atoms with Crippen molar-refractivity contribution in [2.24, 2.45) is 5.84 Å². The third-order valence-electron chi connectivity index (χ3n) is 0.826. The highest BCUT2D eigenvalue weighted by Gasteiger charge is 2.18. The van der Waals surface area contributed by atoms with Crippen LogP contribution in [0.15, 0.2) is 0 Å². The molecule has 0 aromatic rings. The highest BCUT2D eigenvalue weighted by atomic mass is 16.2. The van der Waals surface area contributed by atoms with E-state index >= 15 is 0 Å². The van der Waals surface area contributed by atoms with E-state index in [9.17, 15) is 9.59 Å². The van der Waals surface area contributed by atoms with Crippen LogP contribution in [0.1, 0.15) is 20.8 Å². The molecule has 0 heterocycles. The monoisotopic (exact) mass is 159 g/mol. The molecule has 0 atom stereocenters. The van der Waals surface area contributed by atoms with Crippen molar-refractivity contribution in [2.75, 3.05) is 0 Å². The molecule has 64 valence electrons. The smallest absolute Gasteiger partial charge is 0.323 e. The van der Waals surface area contributed by atoms with Gasteiger partial charge in [-0.1, -0.05) is 0 Å². The maximum absolute atomic E-state index is 10.8. The molecule has 5 heteroatoms. The maximum Gasteiger partial charge on any atom is 0.323 e. The third-order valence-corrected chi connectivity index (χ3v) is 0.826. The van der Waals surface area contributed by atoms with Crippen LogP contribution in [0, 0.1) is 0 Å². The summed E-state index contributed by atoms with van der Waals surface area (Å²) in [5, 5.41) is 2.44. The lowest BCUT2D eigenvalue weighted by molar-refractivity contribution is -0.140. The molecule has 0 saturated carbocycles. The number of nitrogens with two attached hydrogens (primary N) is 1. The highest BCUT2D eigenvalue weighted by molar-refractivity contribution is 6.35. The van der Waals surface area contributed by atoms with Gasteiger partial charge in [-0.25, -0.2) is 5.84 Å². The lowest BCUT2D eigenvalue weighted by Gasteiger charge is -2.19. The fourth-order valence-corrected chi connectivity index (χ4v) is 0.463. The molecule has 0 spiro atoms. The van der Waals surface area contributed by atoms with Crippen LogP contribution < -0.4 is 16.6 Å². The van der Waals surface area contributed by atoms with Gasteiger partial charge >= 0.3 is 11.8 Å². The van der Waals surface area contributed by atoms with Crippen LogP contribution in [-0.2, 0) is 9.59 Å². The van der Waals surface area contributed by atoms with Crippen molar-refractivity contribution >= 4 is 11.8 Å². The summed E-state index contributed by atoms with van der Waals surface area (Å²) in [6.07, 6.45) is 0. The molecule has 0 saturated heterocycles. The molecule has 0 aromatic heterocycles. The summed E-state index contributed by atoms with van der Waals surface area (Å²) in [6, 6.07) is 0. The van der Waals surface area contributed by atoms with Gasteiger partial charge in [0.05, 0.1) is 0 Å². The number of carbonyl (C=O) groups is 2. The predicted octanol–water partition coefficient (Wildman–Crippen LogP) is -1.11. The molecule has 0 unspecified atom stereocenters. The van der Waals surface area contributed by atoms with Crippen molar-refractivity contribution in [2.45, 2.75) is 26.3 Å². The average molecular weight is 159 g/mol. The molecule has 0 bridgehead atoms. The minimum absolute atomic E-state index is 0.413. The van der Waals surface area contributed by atoms with Crippen molar-refractivity contribution in [1.29, 1.82) is 0 Å². The van der Waals surface area contributed by atoms with Crippen LogP contribution in [0.4, 0.5) is 0 Å². The van der Waals surface area contributed by atoms with E-state index in [1.807, 2.05) is 0 Å². The second-order valence-corrected chi connectivity index (χ2v) is 3.18. The van der Waals surface area contributed by atoms with Gasteiger partial charge in [0, 0.05) is 5.54 Å². The topological polar surface area (TPSA) is 84.2 Å². The van der Waals surface area contributed by atoms with E-state index in [0.717, 1.165) is 0 Å². The van der Waals surface area contributed by atoms with Gasteiger partial charge in [-0.15, -0.1) is 0 Å². The fraction of sp³-hybridized carbons (Fsp3) is 0.667. The Bertz CT molecular complexity index is 171. The second-order valence-electron chi connectivity index (χ2n) is 3.18. The molecule has 0 aliphatic carbocycles. The molecule has 11 heavy (non-hydrogen) atoms. The van der Waals surface area contributed by atoms with Gasteiger partial charge in [0.25, 0.3) is 0 Å². The molecule has 2 amide bonds. The van der Waals surface area contributed by atoms with Crippen molar-refractivity contribution in [3.8, 4) is 0 Å². The Kier molecular flexibility index (Phi) is 3.00. The Balaban J connectivity index is 3.99. The van der Waals surface area contributed by atoms with Crippen molar-refractivity contribution < 1.29 is 9.59 Å². The van der Waals surface area contributed by atoms with Crippen molar-refractivity contribution in [1.82, 2.24) is 10.7 Å². The summed E-state index contributed by atoms with van der Waals surface area (Å²) in [5.41, 5.74) is 1.32. The molecule has 4 N–H and O–H groups in total. The summed E-state index contributed by atoms with van der Waals surface area (Å²) >= 11 is 0. The Hall–Kier alpha value is -1.10. The SMILES string of the molecule is CC(C)(C)NC(=O)C(=O)NN. The van der Waals surface area contributed by atoms with Gasteiger partial charge in [-0.05, 0) is 20.8 Å². The van der Waals surface area contributed by atoms with Crippen LogP contribution in [-0.4, -0.2) is 17.4 Å². The van der Waals surface area contributed by atoms with E-state index < -0.39 is 17.4 Å². The molecule has 0 radical (unpaired) electrons. The first-order valence-corrected chi connectivity index (χ1v) is 3.20. The molecule has 5 nitrogen and oxygen atoms in total. The minimum Gasteiger partial charge on any atom is -0.343 e. The number of hydrazine groups is 1. The van der Waals surface area contributed by atoms with Gasteiger partial charge in [0.15, 0.2) is 0 Å². The summed E-state index contributed by atoms with van der Waals surface area (Å²) in [5.74, 6) is 3.18. The number of nitrogens with one attached hydrogen (secondary N) is 2. The first-order chi connectivity index (χ1) is 4.87. The molecule has 0 aliphatic rings. The third kappa shape index (κ3) is 4.32. The van der Waals surface area contributed by atoms with Crippen LogP contribution in [0.5, 0.6) is 0 Å². The van der Waals surface area contributed by atoms with E-state index in [4.69, 9.17) is 5.84 Å². The largest absolute Gasteiger partial charge is 0.343 e. The molecule has 0 aliphatic heterocycles. The van der Waals surface area contributed by atoms with E-state index in [1.165, 1.54) is 0 Å². The number of hydrogen-bond donors (Lipinski definition) is 3. The van der Waals surface area contributed by atoms with Crippen LogP contribution >= 0.6 is 0 Å². The molecule has 0 rings (SSSR count). The predicted molar refractivity (Wildman–Crippen MR) is 40.2 cm³/mol. The van der Waals surface area contributed by atoms with E-state index in [1.54, 1.807) is 26.2 Å². The van der Waals surface area contributed by atoms with Gasteiger partial charge in [-0.3, -0.25) is 15.0 Å². The Labute approximate surface area is 65.3 Å². The summed E-state index contributed by atoms with van der Waals surface area (Å²) < 4.78 is 0.